The SMILES string of the molecule is Fc1ccc(-c2nc(-c3ccccc3)nc(-c3ccccc3)n2)c(F)c1F. The molecule has 0 bridgehead atoms. The van der Waals surface area contributed by atoms with E-state index in [1.54, 1.807) is 24.3 Å². The number of rotatable bonds is 3. The summed E-state index contributed by atoms with van der Waals surface area (Å²) >= 11 is 0. The maximum Gasteiger partial charge on any atom is 0.195 e. The lowest BCUT2D eigenvalue weighted by Gasteiger charge is -2.09. The maximum atomic E-state index is 14.3. The van der Waals surface area contributed by atoms with E-state index in [0.717, 1.165) is 12.1 Å². The molecule has 0 fully saturated rings. The molecule has 0 spiro atoms. The van der Waals surface area contributed by atoms with E-state index in [9.17, 15) is 13.2 Å². The predicted octanol–water partition coefficient (Wildman–Crippen LogP) is 5.29. The topological polar surface area (TPSA) is 38.7 Å². The number of nitrogens with zero attached hydrogens (tertiary/aromatic N) is 3. The molecular weight excluding hydrogens is 351 g/mol. The van der Waals surface area contributed by atoms with Gasteiger partial charge in [-0.25, -0.2) is 28.1 Å². The molecule has 1 heterocycles. The molecule has 0 aliphatic rings. The quantitative estimate of drug-likeness (QED) is 0.464. The Morgan fingerprint density at radius 3 is 1.48 bits per heavy atom. The molecule has 0 N–H and O–H groups in total. The summed E-state index contributed by atoms with van der Waals surface area (Å²) in [6.07, 6.45) is 0. The van der Waals surface area contributed by atoms with Gasteiger partial charge in [0.25, 0.3) is 0 Å². The summed E-state index contributed by atoms with van der Waals surface area (Å²) in [7, 11) is 0. The molecule has 3 aromatic carbocycles. The molecule has 0 saturated heterocycles. The first-order valence-corrected chi connectivity index (χ1v) is 8.14. The van der Waals surface area contributed by atoms with Gasteiger partial charge in [0.15, 0.2) is 34.9 Å². The predicted molar refractivity (Wildman–Crippen MR) is 96.0 cm³/mol. The van der Waals surface area contributed by atoms with Gasteiger partial charge in [0, 0.05) is 11.1 Å². The molecule has 0 radical (unpaired) electrons. The standard InChI is InChI=1S/C21H12F3N3/c22-16-12-11-15(17(23)18(16)24)21-26-19(13-7-3-1-4-8-13)25-20(27-21)14-9-5-2-6-10-14/h1-12H. The van der Waals surface area contributed by atoms with Gasteiger partial charge in [-0.15, -0.1) is 0 Å². The Morgan fingerprint density at radius 1 is 0.481 bits per heavy atom. The molecule has 0 saturated carbocycles. The third-order valence-electron chi connectivity index (χ3n) is 3.98. The maximum absolute atomic E-state index is 14.3. The summed E-state index contributed by atoms with van der Waals surface area (Å²) in [6.45, 7) is 0. The first kappa shape index (κ1) is 16.9. The first-order chi connectivity index (χ1) is 13.1. The van der Waals surface area contributed by atoms with Crippen molar-refractivity contribution in [1.82, 2.24) is 15.0 Å². The van der Waals surface area contributed by atoms with Gasteiger partial charge < -0.3 is 0 Å². The average molecular weight is 363 g/mol. The molecule has 1 aromatic heterocycles. The van der Waals surface area contributed by atoms with Crippen LogP contribution in [0.4, 0.5) is 13.2 Å². The lowest BCUT2D eigenvalue weighted by Crippen LogP contribution is -2.03. The summed E-state index contributed by atoms with van der Waals surface area (Å²) < 4.78 is 41.3. The molecule has 132 valence electrons. The fraction of sp³-hybridized carbons (Fsp3) is 0. The molecule has 6 heteroatoms. The first-order valence-electron chi connectivity index (χ1n) is 8.14. The van der Waals surface area contributed by atoms with Crippen LogP contribution in [0.5, 0.6) is 0 Å². The van der Waals surface area contributed by atoms with Gasteiger partial charge >= 0.3 is 0 Å². The molecule has 0 aliphatic heterocycles. The van der Waals surface area contributed by atoms with E-state index in [1.165, 1.54) is 0 Å². The second-order valence-electron chi connectivity index (χ2n) is 5.76. The zero-order valence-corrected chi connectivity index (χ0v) is 13.9. The van der Waals surface area contributed by atoms with Crippen molar-refractivity contribution < 1.29 is 13.2 Å². The van der Waals surface area contributed by atoms with E-state index in [0.29, 0.717) is 22.8 Å². The van der Waals surface area contributed by atoms with Crippen LogP contribution in [0.3, 0.4) is 0 Å². The Kier molecular flexibility index (Phi) is 4.38. The Balaban J connectivity index is 1.96. The summed E-state index contributed by atoms with van der Waals surface area (Å²) in [4.78, 5) is 13.0. The van der Waals surface area contributed by atoms with E-state index >= 15 is 0 Å². The van der Waals surface area contributed by atoms with Crippen molar-refractivity contribution in [3.8, 4) is 34.2 Å². The average Bonchev–Trinajstić information content (AvgIpc) is 2.73. The molecule has 27 heavy (non-hydrogen) atoms. The smallest absolute Gasteiger partial charge is 0.195 e. The van der Waals surface area contributed by atoms with Gasteiger partial charge in [0.1, 0.15) is 0 Å². The van der Waals surface area contributed by atoms with E-state index in [1.807, 2.05) is 36.4 Å². The number of halogens is 3. The van der Waals surface area contributed by atoms with Crippen LogP contribution in [0, 0.1) is 17.5 Å². The highest BCUT2D eigenvalue weighted by atomic mass is 19.2. The highest BCUT2D eigenvalue weighted by Gasteiger charge is 2.19. The third kappa shape index (κ3) is 3.29. The third-order valence-corrected chi connectivity index (χ3v) is 3.98. The molecule has 4 aromatic rings. The molecule has 4 rings (SSSR count). The van der Waals surface area contributed by atoms with Crippen molar-refractivity contribution >= 4 is 0 Å². The second kappa shape index (κ2) is 6.99. The van der Waals surface area contributed by atoms with Gasteiger partial charge in [-0.1, -0.05) is 60.7 Å². The van der Waals surface area contributed by atoms with Crippen LogP contribution in [-0.4, -0.2) is 15.0 Å². The Hall–Kier alpha value is -3.54. The summed E-state index contributed by atoms with van der Waals surface area (Å²) in [5.41, 5.74) is 1.16. The van der Waals surface area contributed by atoms with Crippen LogP contribution >= 0.6 is 0 Å². The molecule has 0 amide bonds. The number of aromatic nitrogens is 3. The van der Waals surface area contributed by atoms with Crippen molar-refractivity contribution in [3.63, 3.8) is 0 Å². The Morgan fingerprint density at radius 2 is 0.963 bits per heavy atom. The van der Waals surface area contributed by atoms with Gasteiger partial charge in [-0.05, 0) is 12.1 Å². The van der Waals surface area contributed by atoms with Gasteiger partial charge in [-0.2, -0.15) is 0 Å². The van der Waals surface area contributed by atoms with Gasteiger partial charge in [-0.3, -0.25) is 0 Å². The Labute approximate surface area is 153 Å². The van der Waals surface area contributed by atoms with E-state index in [2.05, 4.69) is 15.0 Å². The van der Waals surface area contributed by atoms with Crippen LogP contribution < -0.4 is 0 Å². The van der Waals surface area contributed by atoms with Crippen LogP contribution in [0.15, 0.2) is 72.8 Å². The molecule has 0 aliphatic carbocycles. The normalized spacial score (nSPS) is 10.8. The minimum absolute atomic E-state index is 0.0703. The van der Waals surface area contributed by atoms with Crippen LogP contribution in [0.25, 0.3) is 34.2 Å². The summed E-state index contributed by atoms with van der Waals surface area (Å²) in [5, 5.41) is 0. The minimum atomic E-state index is -1.56. The van der Waals surface area contributed by atoms with E-state index in [4.69, 9.17) is 0 Å². The van der Waals surface area contributed by atoms with Crippen LogP contribution in [0.1, 0.15) is 0 Å². The molecule has 3 nitrogen and oxygen atoms in total. The van der Waals surface area contributed by atoms with Crippen molar-refractivity contribution in [2.75, 3.05) is 0 Å². The number of benzene rings is 3. The van der Waals surface area contributed by atoms with E-state index < -0.39 is 17.5 Å². The van der Waals surface area contributed by atoms with Crippen LogP contribution in [0.2, 0.25) is 0 Å². The molecular formula is C21H12F3N3. The zero-order valence-electron chi connectivity index (χ0n) is 13.9. The van der Waals surface area contributed by atoms with Crippen molar-refractivity contribution in [1.29, 1.82) is 0 Å². The summed E-state index contributed by atoms with van der Waals surface area (Å²) in [5.74, 6) is -3.61. The van der Waals surface area contributed by atoms with Crippen LogP contribution in [-0.2, 0) is 0 Å². The second-order valence-corrected chi connectivity index (χ2v) is 5.76. The summed E-state index contributed by atoms with van der Waals surface area (Å²) in [6, 6.07) is 20.1. The molecule has 0 atom stereocenters. The number of hydrogen-bond acceptors (Lipinski definition) is 3. The molecule has 0 unspecified atom stereocenters. The van der Waals surface area contributed by atoms with Gasteiger partial charge in [0.05, 0.1) is 5.56 Å². The lowest BCUT2D eigenvalue weighted by molar-refractivity contribution is 0.448. The fourth-order valence-corrected chi connectivity index (χ4v) is 2.63. The monoisotopic (exact) mass is 363 g/mol. The van der Waals surface area contributed by atoms with E-state index in [-0.39, 0.29) is 11.4 Å². The highest BCUT2D eigenvalue weighted by Crippen LogP contribution is 2.27. The van der Waals surface area contributed by atoms with Gasteiger partial charge in [0.2, 0.25) is 0 Å². The Bertz CT molecular complexity index is 1040. The zero-order chi connectivity index (χ0) is 18.8. The fourth-order valence-electron chi connectivity index (χ4n) is 2.63. The van der Waals surface area contributed by atoms with Crippen molar-refractivity contribution in [2.45, 2.75) is 0 Å². The minimum Gasteiger partial charge on any atom is -0.208 e. The number of hydrogen-bond donors (Lipinski definition) is 0. The highest BCUT2D eigenvalue weighted by molar-refractivity contribution is 5.66. The van der Waals surface area contributed by atoms with Crippen molar-refractivity contribution in [3.05, 3.63) is 90.2 Å². The van der Waals surface area contributed by atoms with Crippen molar-refractivity contribution in [2.24, 2.45) is 0 Å². The largest absolute Gasteiger partial charge is 0.208 e. The lowest BCUT2D eigenvalue weighted by atomic mass is 10.1.